The number of hydrogen-bond acceptors (Lipinski definition) is 2. The van der Waals surface area contributed by atoms with E-state index in [2.05, 4.69) is 0 Å². The van der Waals surface area contributed by atoms with Crippen molar-refractivity contribution in [2.75, 3.05) is 0 Å². The van der Waals surface area contributed by atoms with Gasteiger partial charge in [-0.3, -0.25) is 9.59 Å². The summed E-state index contributed by atoms with van der Waals surface area (Å²) >= 11 is 0. The lowest BCUT2D eigenvalue weighted by atomic mass is 10.1. The van der Waals surface area contributed by atoms with Gasteiger partial charge in [-0.1, -0.05) is 6.92 Å². The molecule has 0 aliphatic carbocycles. The molecule has 3 nitrogen and oxygen atoms in total. The standard InChI is InChI=1S/C8H14O3/c1-2-4-7(9)5-3-6-8(10)11/h2-6H2,1H3,(H,10,11). The molecule has 0 radical (unpaired) electrons. The van der Waals surface area contributed by atoms with E-state index >= 15 is 0 Å². The summed E-state index contributed by atoms with van der Waals surface area (Å²) in [7, 11) is 0. The minimum atomic E-state index is -0.825. The van der Waals surface area contributed by atoms with Crippen molar-refractivity contribution in [2.45, 2.75) is 39.0 Å². The zero-order chi connectivity index (χ0) is 8.69. The van der Waals surface area contributed by atoms with Gasteiger partial charge < -0.3 is 5.11 Å². The van der Waals surface area contributed by atoms with Gasteiger partial charge >= 0.3 is 5.97 Å². The first kappa shape index (κ1) is 10.1. The molecule has 0 aromatic carbocycles. The molecule has 0 aliphatic heterocycles. The Kier molecular flexibility index (Phi) is 5.43. The van der Waals surface area contributed by atoms with Crippen LogP contribution in [0, 0.1) is 0 Å². The summed E-state index contributed by atoms with van der Waals surface area (Å²) in [6.45, 7) is 1.94. The first-order valence-corrected chi connectivity index (χ1v) is 3.90. The van der Waals surface area contributed by atoms with Gasteiger partial charge in [-0.05, 0) is 12.8 Å². The maximum atomic E-state index is 10.8. The van der Waals surface area contributed by atoms with Crippen molar-refractivity contribution in [3.63, 3.8) is 0 Å². The molecule has 0 saturated heterocycles. The summed E-state index contributed by atoms with van der Waals surface area (Å²) in [4.78, 5) is 20.9. The number of Topliss-reactive ketones (excluding diaryl/α,β-unsaturated/α-hetero) is 1. The summed E-state index contributed by atoms with van der Waals surface area (Å²) in [5.74, 6) is -0.650. The topological polar surface area (TPSA) is 54.4 Å². The van der Waals surface area contributed by atoms with Gasteiger partial charge in [0.25, 0.3) is 0 Å². The molecule has 0 aliphatic rings. The average molecular weight is 158 g/mol. The zero-order valence-corrected chi connectivity index (χ0v) is 6.80. The number of ketones is 1. The minimum absolute atomic E-state index is 0.107. The van der Waals surface area contributed by atoms with Crippen molar-refractivity contribution in [1.82, 2.24) is 0 Å². The van der Waals surface area contributed by atoms with Crippen LogP contribution in [0.15, 0.2) is 0 Å². The lowest BCUT2D eigenvalue weighted by Crippen LogP contribution is -2.00. The van der Waals surface area contributed by atoms with E-state index in [1.54, 1.807) is 0 Å². The molecular formula is C8H14O3. The highest BCUT2D eigenvalue weighted by Crippen LogP contribution is 2.00. The first-order valence-electron chi connectivity index (χ1n) is 3.90. The molecule has 0 rings (SSSR count). The fourth-order valence-electron chi connectivity index (χ4n) is 0.841. The van der Waals surface area contributed by atoms with E-state index < -0.39 is 5.97 Å². The molecule has 64 valence electrons. The normalized spacial score (nSPS) is 9.55. The second-order valence-electron chi connectivity index (χ2n) is 2.54. The van der Waals surface area contributed by atoms with Crippen molar-refractivity contribution in [2.24, 2.45) is 0 Å². The molecule has 0 spiro atoms. The van der Waals surface area contributed by atoms with E-state index in [4.69, 9.17) is 5.11 Å². The number of rotatable bonds is 6. The summed E-state index contributed by atoms with van der Waals surface area (Å²) < 4.78 is 0. The number of carbonyl (C=O) groups excluding carboxylic acids is 1. The van der Waals surface area contributed by atoms with E-state index in [0.29, 0.717) is 19.3 Å². The van der Waals surface area contributed by atoms with Crippen LogP contribution in [-0.4, -0.2) is 16.9 Å². The Bertz CT molecular complexity index is 140. The molecule has 0 aromatic heterocycles. The maximum absolute atomic E-state index is 10.8. The Morgan fingerprint density at radius 3 is 2.27 bits per heavy atom. The molecule has 0 bridgehead atoms. The minimum Gasteiger partial charge on any atom is -0.481 e. The maximum Gasteiger partial charge on any atom is 0.303 e. The van der Waals surface area contributed by atoms with Gasteiger partial charge in [0, 0.05) is 19.3 Å². The first-order chi connectivity index (χ1) is 5.16. The summed E-state index contributed by atoms with van der Waals surface area (Å²) in [5.41, 5.74) is 0. The lowest BCUT2D eigenvalue weighted by molar-refractivity contribution is -0.137. The number of carboxylic acid groups (broad SMARTS) is 1. The zero-order valence-electron chi connectivity index (χ0n) is 6.80. The summed E-state index contributed by atoms with van der Waals surface area (Å²) in [6, 6.07) is 0. The van der Waals surface area contributed by atoms with Crippen LogP contribution in [0.1, 0.15) is 39.0 Å². The van der Waals surface area contributed by atoms with Crippen LogP contribution in [0.3, 0.4) is 0 Å². The van der Waals surface area contributed by atoms with Crippen LogP contribution in [0.5, 0.6) is 0 Å². The Morgan fingerprint density at radius 2 is 1.82 bits per heavy atom. The average Bonchev–Trinajstić information content (AvgIpc) is 1.87. The molecule has 0 saturated carbocycles. The third-order valence-electron chi connectivity index (χ3n) is 1.38. The highest BCUT2D eigenvalue weighted by atomic mass is 16.4. The van der Waals surface area contributed by atoms with Gasteiger partial charge in [0.1, 0.15) is 5.78 Å². The number of carboxylic acids is 1. The van der Waals surface area contributed by atoms with E-state index in [1.165, 1.54) is 0 Å². The van der Waals surface area contributed by atoms with E-state index in [-0.39, 0.29) is 12.2 Å². The van der Waals surface area contributed by atoms with Crippen molar-refractivity contribution < 1.29 is 14.7 Å². The van der Waals surface area contributed by atoms with Gasteiger partial charge in [0.2, 0.25) is 0 Å². The van der Waals surface area contributed by atoms with Gasteiger partial charge in [-0.15, -0.1) is 0 Å². The Morgan fingerprint density at radius 1 is 1.18 bits per heavy atom. The van der Waals surface area contributed by atoms with E-state index in [9.17, 15) is 9.59 Å². The van der Waals surface area contributed by atoms with Gasteiger partial charge in [-0.2, -0.15) is 0 Å². The molecule has 0 aromatic rings. The Hall–Kier alpha value is -0.860. The summed E-state index contributed by atoms with van der Waals surface area (Å²) in [6.07, 6.45) is 2.44. The molecule has 1 N–H and O–H groups in total. The van der Waals surface area contributed by atoms with Crippen LogP contribution in [0.4, 0.5) is 0 Å². The second kappa shape index (κ2) is 5.89. The van der Waals surface area contributed by atoms with Crippen molar-refractivity contribution in [3.05, 3.63) is 0 Å². The smallest absolute Gasteiger partial charge is 0.303 e. The lowest BCUT2D eigenvalue weighted by Gasteiger charge is -1.95. The summed E-state index contributed by atoms with van der Waals surface area (Å²) in [5, 5.41) is 8.24. The quantitative estimate of drug-likeness (QED) is 0.638. The largest absolute Gasteiger partial charge is 0.481 e. The van der Waals surface area contributed by atoms with Crippen LogP contribution < -0.4 is 0 Å². The molecule has 0 heterocycles. The van der Waals surface area contributed by atoms with Gasteiger partial charge in [-0.25, -0.2) is 0 Å². The highest BCUT2D eigenvalue weighted by molar-refractivity contribution is 5.78. The molecular weight excluding hydrogens is 144 g/mol. The fraction of sp³-hybridized carbons (Fsp3) is 0.750. The predicted molar refractivity (Wildman–Crippen MR) is 41.4 cm³/mol. The molecule has 11 heavy (non-hydrogen) atoms. The monoisotopic (exact) mass is 158 g/mol. The van der Waals surface area contributed by atoms with Crippen molar-refractivity contribution in [1.29, 1.82) is 0 Å². The Labute approximate surface area is 66.4 Å². The molecule has 0 fully saturated rings. The second-order valence-corrected chi connectivity index (χ2v) is 2.54. The van der Waals surface area contributed by atoms with Crippen LogP contribution in [0.25, 0.3) is 0 Å². The van der Waals surface area contributed by atoms with Crippen LogP contribution >= 0.6 is 0 Å². The fourth-order valence-corrected chi connectivity index (χ4v) is 0.841. The third kappa shape index (κ3) is 7.03. The number of hydrogen-bond donors (Lipinski definition) is 1. The number of carbonyl (C=O) groups is 2. The highest BCUT2D eigenvalue weighted by Gasteiger charge is 2.01. The number of aliphatic carboxylic acids is 1. The van der Waals surface area contributed by atoms with Crippen molar-refractivity contribution >= 4 is 11.8 Å². The SMILES string of the molecule is CCCC(=O)CCCC(=O)O. The molecule has 0 amide bonds. The van der Waals surface area contributed by atoms with Crippen LogP contribution in [0.2, 0.25) is 0 Å². The third-order valence-corrected chi connectivity index (χ3v) is 1.38. The van der Waals surface area contributed by atoms with Gasteiger partial charge in [0.15, 0.2) is 0 Å². The molecule has 0 unspecified atom stereocenters. The Balaban J connectivity index is 3.24. The van der Waals surface area contributed by atoms with Gasteiger partial charge in [0.05, 0.1) is 0 Å². The molecule has 3 heteroatoms. The van der Waals surface area contributed by atoms with E-state index in [1.807, 2.05) is 6.92 Å². The van der Waals surface area contributed by atoms with Crippen molar-refractivity contribution in [3.8, 4) is 0 Å². The van der Waals surface area contributed by atoms with Crippen LogP contribution in [-0.2, 0) is 9.59 Å². The molecule has 0 atom stereocenters. The predicted octanol–water partition coefficient (Wildman–Crippen LogP) is 1.61. The van der Waals surface area contributed by atoms with E-state index in [0.717, 1.165) is 6.42 Å².